The van der Waals surface area contributed by atoms with E-state index in [0.717, 1.165) is 0 Å². The van der Waals surface area contributed by atoms with Crippen molar-refractivity contribution in [3.63, 3.8) is 0 Å². The van der Waals surface area contributed by atoms with E-state index in [-0.39, 0.29) is 17.7 Å². The topological polar surface area (TPSA) is 113 Å². The van der Waals surface area contributed by atoms with Crippen LogP contribution in [-0.2, 0) is 9.59 Å². The van der Waals surface area contributed by atoms with E-state index in [9.17, 15) is 19.8 Å². The first kappa shape index (κ1) is 13.1. The Labute approximate surface area is 97.4 Å². The lowest BCUT2D eigenvalue weighted by molar-refractivity contribution is -0.121. The number of nitrogens with zero attached hydrogens (tertiary/aromatic N) is 1. The molecule has 0 aliphatic rings. The fourth-order valence-electron chi connectivity index (χ4n) is 1.41. The fourth-order valence-corrected chi connectivity index (χ4v) is 1.41. The van der Waals surface area contributed by atoms with Crippen LogP contribution in [-0.4, -0.2) is 28.3 Å². The monoisotopic (exact) mass is 236 g/mol. The number of nitrogens with two attached hydrogens (primary N) is 1. The molecule has 2 unspecified atom stereocenters. The van der Waals surface area contributed by atoms with Crippen LogP contribution in [0.15, 0.2) is 29.3 Å². The number of hydrogen-bond acceptors (Lipinski definition) is 5. The molecule has 0 aromatic heterocycles. The summed E-state index contributed by atoms with van der Waals surface area (Å²) in [5.74, 6) is -0.729. The van der Waals surface area contributed by atoms with Gasteiger partial charge in [0, 0.05) is 5.56 Å². The molecule has 0 bridgehead atoms. The summed E-state index contributed by atoms with van der Waals surface area (Å²) < 4.78 is 0. The minimum Gasteiger partial charge on any atom is -0.390 e. The Morgan fingerprint density at radius 3 is 2.65 bits per heavy atom. The zero-order valence-electron chi connectivity index (χ0n) is 8.91. The number of aliphatic hydroxyl groups is 2. The number of amides is 1. The van der Waals surface area contributed by atoms with Gasteiger partial charge in [-0.25, -0.2) is 4.79 Å². The average Bonchev–Trinajstić information content (AvgIpc) is 2.28. The fraction of sp³-hybridized carbons (Fsp3) is 0.273. The quantitative estimate of drug-likeness (QED) is 0.490. The summed E-state index contributed by atoms with van der Waals surface area (Å²) in [6, 6.07) is 6.21. The molecular weight excluding hydrogens is 224 g/mol. The van der Waals surface area contributed by atoms with Crippen molar-refractivity contribution in [1.29, 1.82) is 0 Å². The Hall–Kier alpha value is -2.01. The Morgan fingerprint density at radius 2 is 2.06 bits per heavy atom. The maximum atomic E-state index is 10.6. The number of isocyanates is 1. The third-order valence-corrected chi connectivity index (χ3v) is 2.20. The second-order valence-corrected chi connectivity index (χ2v) is 3.44. The zero-order chi connectivity index (χ0) is 12.8. The van der Waals surface area contributed by atoms with Gasteiger partial charge in [-0.2, -0.15) is 4.99 Å². The van der Waals surface area contributed by atoms with E-state index in [0.29, 0.717) is 0 Å². The van der Waals surface area contributed by atoms with Crippen molar-refractivity contribution in [2.45, 2.75) is 18.6 Å². The van der Waals surface area contributed by atoms with E-state index < -0.39 is 18.1 Å². The molecule has 6 nitrogen and oxygen atoms in total. The third kappa shape index (κ3) is 3.49. The first-order valence-corrected chi connectivity index (χ1v) is 4.87. The van der Waals surface area contributed by atoms with Crippen molar-refractivity contribution in [1.82, 2.24) is 0 Å². The lowest BCUT2D eigenvalue weighted by atomic mass is 10.0. The van der Waals surface area contributed by atoms with Gasteiger partial charge in [0.15, 0.2) is 0 Å². The van der Waals surface area contributed by atoms with Gasteiger partial charge in [0.2, 0.25) is 12.0 Å². The molecule has 0 spiro atoms. The van der Waals surface area contributed by atoms with E-state index in [4.69, 9.17) is 5.73 Å². The molecule has 0 radical (unpaired) electrons. The number of aliphatic hydroxyl groups excluding tert-OH is 2. The van der Waals surface area contributed by atoms with Crippen molar-refractivity contribution in [2.75, 3.05) is 0 Å². The van der Waals surface area contributed by atoms with Gasteiger partial charge in [0.25, 0.3) is 0 Å². The van der Waals surface area contributed by atoms with Crippen molar-refractivity contribution >= 4 is 17.7 Å². The molecule has 6 heteroatoms. The molecule has 4 N–H and O–H groups in total. The number of hydrogen-bond donors (Lipinski definition) is 3. The smallest absolute Gasteiger partial charge is 0.240 e. The summed E-state index contributed by atoms with van der Waals surface area (Å²) in [5, 5.41) is 19.3. The maximum absolute atomic E-state index is 10.6. The number of rotatable bonds is 5. The SMILES string of the molecule is NC(=O)CC(O)C(O)c1ccccc1N=C=O. The summed E-state index contributed by atoms with van der Waals surface area (Å²) in [6.07, 6.45) is -1.70. The highest BCUT2D eigenvalue weighted by Gasteiger charge is 2.22. The van der Waals surface area contributed by atoms with E-state index in [1.165, 1.54) is 18.2 Å². The lowest BCUT2D eigenvalue weighted by Crippen LogP contribution is -2.25. The number of para-hydroxylation sites is 1. The Bertz CT molecular complexity index is 455. The number of primary amides is 1. The van der Waals surface area contributed by atoms with Crippen LogP contribution >= 0.6 is 0 Å². The van der Waals surface area contributed by atoms with Crippen molar-refractivity contribution < 1.29 is 19.8 Å². The van der Waals surface area contributed by atoms with Gasteiger partial charge in [-0.15, -0.1) is 0 Å². The van der Waals surface area contributed by atoms with Gasteiger partial charge in [0.05, 0.1) is 18.2 Å². The van der Waals surface area contributed by atoms with Gasteiger partial charge in [-0.05, 0) is 6.07 Å². The molecule has 1 aromatic carbocycles. The minimum absolute atomic E-state index is 0.193. The highest BCUT2D eigenvalue weighted by atomic mass is 16.3. The van der Waals surface area contributed by atoms with Crippen LogP contribution in [0.4, 0.5) is 5.69 Å². The predicted molar refractivity (Wildman–Crippen MR) is 59.0 cm³/mol. The molecule has 90 valence electrons. The number of carbonyl (C=O) groups is 1. The van der Waals surface area contributed by atoms with Crippen LogP contribution in [0.1, 0.15) is 18.1 Å². The summed E-state index contributed by atoms with van der Waals surface area (Å²) in [7, 11) is 0. The molecule has 2 atom stereocenters. The zero-order valence-corrected chi connectivity index (χ0v) is 8.91. The summed E-state index contributed by atoms with van der Waals surface area (Å²) in [5.41, 5.74) is 5.34. The first-order chi connectivity index (χ1) is 8.06. The molecular formula is C11H12N2O4. The minimum atomic E-state index is -1.34. The van der Waals surface area contributed by atoms with E-state index >= 15 is 0 Å². The first-order valence-electron chi connectivity index (χ1n) is 4.87. The molecule has 1 amide bonds. The van der Waals surface area contributed by atoms with E-state index in [2.05, 4.69) is 4.99 Å². The normalized spacial score (nSPS) is 13.5. The summed E-state index contributed by atoms with van der Waals surface area (Å²) >= 11 is 0. The number of carbonyl (C=O) groups excluding carboxylic acids is 2. The van der Waals surface area contributed by atoms with Crippen LogP contribution in [0.5, 0.6) is 0 Å². The van der Waals surface area contributed by atoms with Crippen LogP contribution in [0, 0.1) is 0 Å². The van der Waals surface area contributed by atoms with E-state index in [1.807, 2.05) is 0 Å². The molecule has 0 aliphatic heterocycles. The standard InChI is InChI=1S/C11H12N2O4/c12-10(16)5-9(15)11(17)7-3-1-2-4-8(7)13-6-14/h1-4,9,11,15,17H,5H2,(H2,12,16). The Morgan fingerprint density at radius 1 is 1.41 bits per heavy atom. The van der Waals surface area contributed by atoms with Gasteiger partial charge in [0.1, 0.15) is 6.10 Å². The molecule has 0 heterocycles. The molecule has 0 saturated heterocycles. The summed E-state index contributed by atoms with van der Waals surface area (Å²) in [4.78, 5) is 24.2. The van der Waals surface area contributed by atoms with Crippen LogP contribution in [0.25, 0.3) is 0 Å². The number of aliphatic imine (C=N–C) groups is 1. The van der Waals surface area contributed by atoms with Gasteiger partial charge < -0.3 is 15.9 Å². The third-order valence-electron chi connectivity index (χ3n) is 2.20. The van der Waals surface area contributed by atoms with Crippen LogP contribution in [0.3, 0.4) is 0 Å². The molecule has 0 saturated carbocycles. The molecule has 0 aliphatic carbocycles. The number of benzene rings is 1. The lowest BCUT2D eigenvalue weighted by Gasteiger charge is -2.17. The maximum Gasteiger partial charge on any atom is 0.240 e. The summed E-state index contributed by atoms with van der Waals surface area (Å²) in [6.45, 7) is 0. The molecule has 0 fully saturated rings. The Kier molecular flexibility index (Phi) is 4.54. The van der Waals surface area contributed by atoms with Crippen LogP contribution in [0.2, 0.25) is 0 Å². The molecule has 17 heavy (non-hydrogen) atoms. The largest absolute Gasteiger partial charge is 0.390 e. The highest BCUT2D eigenvalue weighted by Crippen LogP contribution is 2.28. The van der Waals surface area contributed by atoms with Crippen molar-refractivity contribution in [3.05, 3.63) is 29.8 Å². The molecule has 1 rings (SSSR count). The van der Waals surface area contributed by atoms with Crippen molar-refractivity contribution in [2.24, 2.45) is 10.7 Å². The van der Waals surface area contributed by atoms with Gasteiger partial charge >= 0.3 is 0 Å². The second kappa shape index (κ2) is 5.91. The predicted octanol–water partition coefficient (Wildman–Crippen LogP) is -0.0764. The van der Waals surface area contributed by atoms with Crippen LogP contribution < -0.4 is 5.73 Å². The highest BCUT2D eigenvalue weighted by molar-refractivity contribution is 5.74. The van der Waals surface area contributed by atoms with E-state index in [1.54, 1.807) is 12.1 Å². The molecule has 1 aromatic rings. The van der Waals surface area contributed by atoms with Gasteiger partial charge in [-0.1, -0.05) is 18.2 Å². The average molecular weight is 236 g/mol. The Balaban J connectivity index is 2.98. The second-order valence-electron chi connectivity index (χ2n) is 3.44. The van der Waals surface area contributed by atoms with Crippen molar-refractivity contribution in [3.8, 4) is 0 Å². The van der Waals surface area contributed by atoms with Gasteiger partial charge in [-0.3, -0.25) is 4.79 Å².